The molecule has 0 saturated heterocycles. The zero-order chi connectivity index (χ0) is 38.0. The third kappa shape index (κ3) is 5.71. The summed E-state index contributed by atoms with van der Waals surface area (Å²) >= 11 is 3.77. The number of allylic oxidation sites excluding steroid dienone is 3. The van der Waals surface area contributed by atoms with Crippen LogP contribution in [0, 0.1) is 0 Å². The zero-order valence-corrected chi connectivity index (χ0v) is 35.7. The van der Waals surface area contributed by atoms with Gasteiger partial charge in [-0.15, -0.1) is 46.7 Å². The molecule has 0 saturated carbocycles. The van der Waals surface area contributed by atoms with Gasteiger partial charge >= 0.3 is 0 Å². The maximum Gasteiger partial charge on any atom is 0.0640 e. The third-order valence-electron chi connectivity index (χ3n) is 11.2. The van der Waals surface area contributed by atoms with Crippen LogP contribution in [0.15, 0.2) is 195 Å². The fraction of sp³-hybridized carbons (Fsp3) is 0.0189. The molecule has 0 radical (unpaired) electrons. The number of hydrogen-bond acceptors (Lipinski definition) is 2. The smallest absolute Gasteiger partial charge is 0.0640 e. The Hall–Kier alpha value is -5.99. The Morgan fingerprint density at radius 2 is 0.879 bits per heavy atom. The van der Waals surface area contributed by atoms with Crippen LogP contribution in [0.1, 0.15) is 6.92 Å². The zero-order valence-electron chi connectivity index (χ0n) is 31.7. The predicted molar refractivity (Wildman–Crippen MR) is 267 cm³/mol. The minimum absolute atomic E-state index is 0. The molecule has 8 aromatic carbocycles. The number of halogens is 1. The van der Waals surface area contributed by atoms with E-state index in [4.69, 9.17) is 0 Å². The number of thiophene rings is 2. The highest BCUT2D eigenvalue weighted by Crippen LogP contribution is 2.43. The van der Waals surface area contributed by atoms with Gasteiger partial charge in [0.2, 0.25) is 0 Å². The Morgan fingerprint density at radius 3 is 1.40 bits per heavy atom. The summed E-state index contributed by atoms with van der Waals surface area (Å²) in [6.07, 6.45) is 5.58. The molecule has 2 nitrogen and oxygen atoms in total. The average molecular weight is 893 g/mol. The number of nitrogens with zero attached hydrogens (tertiary/aromatic N) is 2. The summed E-state index contributed by atoms with van der Waals surface area (Å²) in [7, 11) is 0. The van der Waals surface area contributed by atoms with E-state index >= 15 is 0 Å². The Kier molecular flexibility index (Phi) is 9.24. The van der Waals surface area contributed by atoms with Crippen molar-refractivity contribution in [3.8, 4) is 22.5 Å². The quantitative estimate of drug-likeness (QED) is 0.123. The Labute approximate surface area is 361 Å². The van der Waals surface area contributed by atoms with Gasteiger partial charge in [-0.2, -0.15) is 0 Å². The maximum atomic E-state index is 3.46. The van der Waals surface area contributed by atoms with Gasteiger partial charge in [0.1, 0.15) is 0 Å². The van der Waals surface area contributed by atoms with Gasteiger partial charge < -0.3 is 9.13 Å². The Bertz CT molecular complexity index is 3450. The van der Waals surface area contributed by atoms with Crippen LogP contribution in [0.5, 0.6) is 0 Å². The average Bonchev–Trinajstić information content (AvgIpc) is 4.01. The minimum atomic E-state index is 0. The van der Waals surface area contributed by atoms with E-state index in [9.17, 15) is 0 Å². The highest BCUT2D eigenvalue weighted by atomic mass is 127. The van der Waals surface area contributed by atoms with Crippen LogP contribution in [0.3, 0.4) is 0 Å². The first-order valence-corrected chi connectivity index (χ1v) is 21.0. The second-order valence-electron chi connectivity index (χ2n) is 14.5. The number of hydrogen-bond donors (Lipinski definition) is 0. The van der Waals surface area contributed by atoms with E-state index in [1.165, 1.54) is 106 Å². The van der Waals surface area contributed by atoms with Gasteiger partial charge in [-0.3, -0.25) is 0 Å². The van der Waals surface area contributed by atoms with Gasteiger partial charge in [0.15, 0.2) is 0 Å². The lowest BCUT2D eigenvalue weighted by Gasteiger charge is -2.09. The monoisotopic (exact) mass is 892 g/mol. The van der Waals surface area contributed by atoms with Crippen molar-refractivity contribution in [3.05, 3.63) is 195 Å². The minimum Gasteiger partial charge on any atom is -0.309 e. The Balaban J connectivity index is 0.000000644. The molecule has 5 heteroatoms. The van der Waals surface area contributed by atoms with E-state index in [2.05, 4.69) is 186 Å². The molecule has 278 valence electrons. The van der Waals surface area contributed by atoms with Crippen molar-refractivity contribution >= 4 is 131 Å². The molecule has 0 atom stereocenters. The van der Waals surface area contributed by atoms with Crippen molar-refractivity contribution < 1.29 is 0 Å². The van der Waals surface area contributed by atoms with Crippen LogP contribution in [0.25, 0.3) is 106 Å². The fourth-order valence-corrected chi connectivity index (χ4v) is 11.0. The SMILES string of the molecule is C=C/C=C\C.I.c1cc(-n2c3ccccc3c3ccccc32)c2sc3ccc(-c4ccc5sc6ccc(-n7c8ccccc8c8ccccc87)cc6c5c4)cc3c2c1. The largest absolute Gasteiger partial charge is 0.309 e. The summed E-state index contributed by atoms with van der Waals surface area (Å²) in [5.74, 6) is 0. The lowest BCUT2D eigenvalue weighted by molar-refractivity contribution is 1.19. The summed E-state index contributed by atoms with van der Waals surface area (Å²) in [6.45, 7) is 5.42. The van der Waals surface area contributed by atoms with Crippen molar-refractivity contribution in [2.75, 3.05) is 0 Å². The van der Waals surface area contributed by atoms with Gasteiger partial charge in [-0.1, -0.05) is 122 Å². The van der Waals surface area contributed by atoms with Crippen LogP contribution in [-0.4, -0.2) is 9.13 Å². The molecule has 0 N–H and O–H groups in total. The van der Waals surface area contributed by atoms with Gasteiger partial charge in [-0.05, 0) is 90.8 Å². The molecule has 0 amide bonds. The molecule has 0 bridgehead atoms. The molecule has 4 aromatic heterocycles. The molecule has 4 heterocycles. The van der Waals surface area contributed by atoms with Gasteiger partial charge in [0.25, 0.3) is 0 Å². The topological polar surface area (TPSA) is 9.86 Å². The number of fused-ring (bicyclic) bond motifs is 12. The maximum absolute atomic E-state index is 3.46. The van der Waals surface area contributed by atoms with E-state index < -0.39 is 0 Å². The molecule has 0 aliphatic rings. The summed E-state index contributed by atoms with van der Waals surface area (Å²) in [4.78, 5) is 0. The lowest BCUT2D eigenvalue weighted by Crippen LogP contribution is -1.93. The first-order valence-electron chi connectivity index (χ1n) is 19.3. The van der Waals surface area contributed by atoms with Crippen molar-refractivity contribution in [1.29, 1.82) is 0 Å². The first kappa shape index (κ1) is 36.4. The number of rotatable bonds is 4. The first-order chi connectivity index (χ1) is 28.2. The van der Waals surface area contributed by atoms with Crippen LogP contribution in [0.2, 0.25) is 0 Å². The van der Waals surface area contributed by atoms with E-state index in [0.29, 0.717) is 0 Å². The summed E-state index contributed by atoms with van der Waals surface area (Å²) in [5.41, 5.74) is 9.88. The molecule has 0 unspecified atom stereocenters. The predicted octanol–water partition coefficient (Wildman–Crippen LogP) is 16.7. The van der Waals surface area contributed by atoms with Crippen LogP contribution in [0.4, 0.5) is 0 Å². The number of benzene rings is 8. The van der Waals surface area contributed by atoms with E-state index in [1.807, 2.05) is 41.7 Å². The van der Waals surface area contributed by atoms with E-state index in [1.54, 1.807) is 6.08 Å². The Morgan fingerprint density at radius 1 is 0.431 bits per heavy atom. The van der Waals surface area contributed by atoms with Crippen LogP contribution in [-0.2, 0) is 0 Å². The standard InChI is InChI=1S/C48H28N2S2.C5H8.HI/c1-5-15-40-32(10-1)33-11-2-6-16-41(33)49(40)31-22-25-46-39(28-31)38-27-30(20-23-45(38)51-46)29-21-24-47-37(26-29)36-14-9-19-44(48(36)52-47)50-42-17-7-3-12-34(42)35-13-4-8-18-43(35)50;1-3-5-4-2;/h1-28H;3-5H,1H2,2H3;1H/b;5-4-;. The molecule has 58 heavy (non-hydrogen) atoms. The summed E-state index contributed by atoms with van der Waals surface area (Å²) < 4.78 is 10.1. The van der Waals surface area contributed by atoms with Crippen molar-refractivity contribution in [1.82, 2.24) is 9.13 Å². The van der Waals surface area contributed by atoms with Crippen molar-refractivity contribution in [2.45, 2.75) is 6.92 Å². The fourth-order valence-electron chi connectivity index (χ4n) is 8.74. The second kappa shape index (κ2) is 14.7. The molecule has 0 aliphatic carbocycles. The molecular formula is C53H37IN2S2. The number of aromatic nitrogens is 2. The second-order valence-corrected chi connectivity index (χ2v) is 16.6. The van der Waals surface area contributed by atoms with Gasteiger partial charge in [0, 0.05) is 62.9 Å². The lowest BCUT2D eigenvalue weighted by atomic mass is 10.0. The van der Waals surface area contributed by atoms with Gasteiger partial charge in [-0.25, -0.2) is 0 Å². The molecule has 0 fully saturated rings. The molecular weight excluding hydrogens is 856 g/mol. The van der Waals surface area contributed by atoms with Gasteiger partial charge in [0.05, 0.1) is 32.5 Å². The van der Waals surface area contributed by atoms with E-state index in [-0.39, 0.29) is 24.0 Å². The summed E-state index contributed by atoms with van der Waals surface area (Å²) in [5, 5.41) is 10.4. The highest BCUT2D eigenvalue weighted by molar-refractivity contribution is 14.0. The third-order valence-corrected chi connectivity index (χ3v) is 13.6. The van der Waals surface area contributed by atoms with Crippen LogP contribution >= 0.6 is 46.7 Å². The molecule has 12 rings (SSSR count). The molecule has 0 spiro atoms. The molecule has 12 aromatic rings. The summed E-state index contributed by atoms with van der Waals surface area (Å²) in [6, 6.07) is 62.8. The number of para-hydroxylation sites is 4. The normalized spacial score (nSPS) is 11.7. The molecule has 0 aliphatic heterocycles. The van der Waals surface area contributed by atoms with Crippen molar-refractivity contribution in [3.63, 3.8) is 0 Å². The van der Waals surface area contributed by atoms with E-state index in [0.717, 1.165) is 0 Å². The van der Waals surface area contributed by atoms with Crippen LogP contribution < -0.4 is 0 Å². The van der Waals surface area contributed by atoms with Crippen molar-refractivity contribution in [2.24, 2.45) is 0 Å². The highest BCUT2D eigenvalue weighted by Gasteiger charge is 2.18.